The molecule has 4 heteroatoms. The fourth-order valence-electron chi connectivity index (χ4n) is 2.23. The molecule has 2 atom stereocenters. The molecule has 1 N–H and O–H groups in total. The first-order valence-electron chi connectivity index (χ1n) is 4.63. The van der Waals surface area contributed by atoms with Crippen molar-refractivity contribution in [1.82, 2.24) is 4.90 Å². The number of carbonyl (C=O) groups is 1. The molecule has 1 aliphatic rings. The Balaban J connectivity index is 2.64. The number of rotatable bonds is 1. The largest absolute Gasteiger partial charge is 0.465 e. The molecular formula is C9H16BrNO2. The van der Waals surface area contributed by atoms with E-state index >= 15 is 0 Å². The minimum Gasteiger partial charge on any atom is -0.465 e. The van der Waals surface area contributed by atoms with E-state index in [9.17, 15) is 4.79 Å². The molecule has 76 valence electrons. The van der Waals surface area contributed by atoms with E-state index in [0.717, 1.165) is 18.2 Å². The van der Waals surface area contributed by atoms with Gasteiger partial charge in [0.05, 0.1) is 0 Å². The molecule has 0 aromatic rings. The molecule has 1 amide bonds. The molecule has 13 heavy (non-hydrogen) atoms. The van der Waals surface area contributed by atoms with Gasteiger partial charge in [-0.15, -0.1) is 0 Å². The van der Waals surface area contributed by atoms with Gasteiger partial charge in [0.25, 0.3) is 0 Å². The Morgan fingerprint density at radius 3 is 2.23 bits per heavy atom. The Morgan fingerprint density at radius 2 is 1.92 bits per heavy atom. The van der Waals surface area contributed by atoms with E-state index in [-0.39, 0.29) is 12.1 Å². The number of nitrogens with zero attached hydrogens (tertiary/aromatic N) is 1. The highest BCUT2D eigenvalue weighted by Crippen LogP contribution is 2.28. The van der Waals surface area contributed by atoms with E-state index in [1.165, 1.54) is 0 Å². The summed E-state index contributed by atoms with van der Waals surface area (Å²) in [5.41, 5.74) is 0. The minimum absolute atomic E-state index is 0.156. The van der Waals surface area contributed by atoms with Crippen LogP contribution in [-0.2, 0) is 0 Å². The Morgan fingerprint density at radius 1 is 1.46 bits per heavy atom. The van der Waals surface area contributed by atoms with Crippen molar-refractivity contribution in [2.24, 2.45) is 5.92 Å². The van der Waals surface area contributed by atoms with E-state index in [4.69, 9.17) is 5.11 Å². The van der Waals surface area contributed by atoms with E-state index < -0.39 is 6.09 Å². The molecule has 1 heterocycles. The normalized spacial score (nSPS) is 34.7. The first-order valence-corrected chi connectivity index (χ1v) is 5.75. The lowest BCUT2D eigenvalue weighted by molar-refractivity contribution is 0.0685. The first kappa shape index (κ1) is 10.8. The van der Waals surface area contributed by atoms with Gasteiger partial charge in [0.1, 0.15) is 0 Å². The molecule has 2 unspecified atom stereocenters. The van der Waals surface area contributed by atoms with Crippen LogP contribution in [-0.4, -0.2) is 33.5 Å². The summed E-state index contributed by atoms with van der Waals surface area (Å²) in [5, 5.41) is 9.93. The van der Waals surface area contributed by atoms with Crippen LogP contribution in [0.3, 0.4) is 0 Å². The Kier molecular flexibility index (Phi) is 3.59. The monoisotopic (exact) mass is 249 g/mol. The van der Waals surface area contributed by atoms with Crippen molar-refractivity contribution in [3.8, 4) is 0 Å². The van der Waals surface area contributed by atoms with Gasteiger partial charge < -0.3 is 10.0 Å². The van der Waals surface area contributed by atoms with Gasteiger partial charge in [0.15, 0.2) is 0 Å². The van der Waals surface area contributed by atoms with Crippen LogP contribution in [0.1, 0.15) is 26.7 Å². The van der Waals surface area contributed by atoms with Crippen LogP contribution in [0.25, 0.3) is 0 Å². The van der Waals surface area contributed by atoms with Crippen LogP contribution < -0.4 is 0 Å². The van der Waals surface area contributed by atoms with Crippen LogP contribution in [0.15, 0.2) is 0 Å². The number of halogens is 1. The van der Waals surface area contributed by atoms with Crippen LogP contribution in [0.4, 0.5) is 4.79 Å². The third-order valence-electron chi connectivity index (χ3n) is 2.74. The summed E-state index contributed by atoms with van der Waals surface area (Å²) < 4.78 is 0. The molecule has 3 nitrogen and oxygen atoms in total. The lowest BCUT2D eigenvalue weighted by Crippen LogP contribution is -2.49. The quantitative estimate of drug-likeness (QED) is 0.726. The van der Waals surface area contributed by atoms with Crippen LogP contribution in [0.2, 0.25) is 0 Å². The Hall–Kier alpha value is -0.250. The lowest BCUT2D eigenvalue weighted by atomic mass is 9.89. The van der Waals surface area contributed by atoms with Gasteiger partial charge in [0.2, 0.25) is 0 Å². The molecule has 1 saturated heterocycles. The number of piperidine rings is 1. The molecule has 1 aliphatic heterocycles. The highest BCUT2D eigenvalue weighted by atomic mass is 79.9. The second kappa shape index (κ2) is 4.31. The fourth-order valence-corrected chi connectivity index (χ4v) is 2.75. The number of alkyl halides is 1. The molecule has 0 aromatic heterocycles. The van der Waals surface area contributed by atoms with E-state index in [0.29, 0.717) is 5.92 Å². The zero-order valence-corrected chi connectivity index (χ0v) is 9.62. The maximum absolute atomic E-state index is 10.9. The van der Waals surface area contributed by atoms with Crippen molar-refractivity contribution in [1.29, 1.82) is 0 Å². The molecule has 0 aromatic carbocycles. The number of hydrogen-bond donors (Lipinski definition) is 1. The van der Waals surface area contributed by atoms with Crippen molar-refractivity contribution < 1.29 is 9.90 Å². The van der Waals surface area contributed by atoms with Crippen LogP contribution >= 0.6 is 15.9 Å². The second-order valence-corrected chi connectivity index (χ2v) is 4.53. The predicted molar refractivity (Wildman–Crippen MR) is 55.3 cm³/mol. The molecule has 0 bridgehead atoms. The van der Waals surface area contributed by atoms with Crippen molar-refractivity contribution in [3.05, 3.63) is 0 Å². The highest BCUT2D eigenvalue weighted by molar-refractivity contribution is 9.09. The third kappa shape index (κ3) is 2.36. The summed E-state index contributed by atoms with van der Waals surface area (Å²) in [6, 6.07) is 0.313. The summed E-state index contributed by atoms with van der Waals surface area (Å²) in [6.07, 6.45) is 1.16. The standard InChI is InChI=1S/C9H16BrNO2/c1-6-3-8(5-10)4-7(2)11(6)9(12)13/h6-8H,3-5H2,1-2H3,(H,12,13). The number of hydrogen-bond acceptors (Lipinski definition) is 1. The van der Waals surface area contributed by atoms with Crippen molar-refractivity contribution in [2.45, 2.75) is 38.8 Å². The zero-order valence-electron chi connectivity index (χ0n) is 8.03. The average Bonchev–Trinajstić information content (AvgIpc) is 2.02. The van der Waals surface area contributed by atoms with Crippen molar-refractivity contribution in [3.63, 3.8) is 0 Å². The zero-order chi connectivity index (χ0) is 10.0. The van der Waals surface area contributed by atoms with Crippen LogP contribution in [0.5, 0.6) is 0 Å². The summed E-state index contributed by atoms with van der Waals surface area (Å²) in [4.78, 5) is 12.5. The molecule has 0 spiro atoms. The minimum atomic E-state index is -0.784. The smallest absolute Gasteiger partial charge is 0.407 e. The van der Waals surface area contributed by atoms with Gasteiger partial charge in [-0.05, 0) is 32.6 Å². The number of amides is 1. The Labute approximate surface area is 87.2 Å². The molecule has 0 saturated carbocycles. The van der Waals surface area contributed by atoms with Gasteiger partial charge in [-0.25, -0.2) is 4.79 Å². The lowest BCUT2D eigenvalue weighted by Gasteiger charge is -2.40. The maximum atomic E-state index is 10.9. The number of likely N-dealkylation sites (tertiary alicyclic amines) is 1. The van der Waals surface area contributed by atoms with Gasteiger partial charge >= 0.3 is 6.09 Å². The van der Waals surface area contributed by atoms with Gasteiger partial charge in [-0.3, -0.25) is 0 Å². The Bertz CT molecular complexity index is 186. The summed E-state index contributed by atoms with van der Waals surface area (Å²) in [6.45, 7) is 3.97. The third-order valence-corrected chi connectivity index (χ3v) is 3.65. The highest BCUT2D eigenvalue weighted by Gasteiger charge is 2.33. The molecule has 0 radical (unpaired) electrons. The van der Waals surface area contributed by atoms with E-state index in [2.05, 4.69) is 15.9 Å². The summed E-state index contributed by atoms with van der Waals surface area (Å²) in [5.74, 6) is 0.626. The van der Waals surface area contributed by atoms with Crippen LogP contribution in [0, 0.1) is 5.92 Å². The number of carboxylic acid groups (broad SMARTS) is 1. The topological polar surface area (TPSA) is 40.5 Å². The predicted octanol–water partition coefficient (Wildman–Crippen LogP) is 2.55. The van der Waals surface area contributed by atoms with Crippen molar-refractivity contribution in [2.75, 3.05) is 5.33 Å². The van der Waals surface area contributed by atoms with Gasteiger partial charge in [-0.2, -0.15) is 0 Å². The van der Waals surface area contributed by atoms with E-state index in [1.807, 2.05) is 13.8 Å². The second-order valence-electron chi connectivity index (χ2n) is 3.88. The van der Waals surface area contributed by atoms with Gasteiger partial charge in [-0.1, -0.05) is 15.9 Å². The van der Waals surface area contributed by atoms with E-state index in [1.54, 1.807) is 4.90 Å². The SMILES string of the molecule is CC1CC(CBr)CC(C)N1C(=O)O. The molecule has 1 fully saturated rings. The summed E-state index contributed by atoms with van der Waals surface area (Å²) >= 11 is 3.46. The maximum Gasteiger partial charge on any atom is 0.407 e. The average molecular weight is 250 g/mol. The fraction of sp³-hybridized carbons (Fsp3) is 0.889. The molecule has 0 aliphatic carbocycles. The molecular weight excluding hydrogens is 234 g/mol. The van der Waals surface area contributed by atoms with Gasteiger partial charge in [0, 0.05) is 17.4 Å². The van der Waals surface area contributed by atoms with Crippen molar-refractivity contribution >= 4 is 22.0 Å². The molecule has 1 rings (SSSR count). The first-order chi connectivity index (χ1) is 6.06. The summed E-state index contributed by atoms with van der Waals surface area (Å²) in [7, 11) is 0.